The standard InChI is InChI=1S/C24H29N3O6S/c1-3-15-33-19-9-7-18(8-10-19)27-23(29)16-21(24(27)30)26(22(28)4-2)14-13-17-5-11-20(12-6-17)34(25,31)32/h5-12,21H,3-4,13-16H2,1-2H3,(H2,25,31,32)/t21-/m0/s1. The normalized spacial score (nSPS) is 16.1. The number of rotatable bonds is 10. The van der Waals surface area contributed by atoms with E-state index in [2.05, 4.69) is 0 Å². The molecule has 3 rings (SSSR count). The Bertz CT molecular complexity index is 1150. The first-order chi connectivity index (χ1) is 16.2. The summed E-state index contributed by atoms with van der Waals surface area (Å²) in [5, 5.41) is 5.13. The number of carbonyl (C=O) groups excluding carboxylic acids is 3. The fraction of sp³-hybridized carbons (Fsp3) is 0.375. The third kappa shape index (κ3) is 5.81. The Morgan fingerprint density at radius 1 is 1.09 bits per heavy atom. The second-order valence-corrected chi connectivity index (χ2v) is 9.57. The zero-order chi connectivity index (χ0) is 24.9. The second kappa shape index (κ2) is 10.8. The molecule has 0 saturated carbocycles. The van der Waals surface area contributed by atoms with Gasteiger partial charge in [-0.15, -0.1) is 0 Å². The number of carbonyl (C=O) groups is 3. The largest absolute Gasteiger partial charge is 0.494 e. The minimum absolute atomic E-state index is 0.00365. The highest BCUT2D eigenvalue weighted by atomic mass is 32.2. The summed E-state index contributed by atoms with van der Waals surface area (Å²) in [4.78, 5) is 41.2. The molecular formula is C24H29N3O6S. The van der Waals surface area contributed by atoms with Crippen LogP contribution in [0.15, 0.2) is 53.4 Å². The van der Waals surface area contributed by atoms with Gasteiger partial charge in [0.05, 0.1) is 23.6 Å². The van der Waals surface area contributed by atoms with Gasteiger partial charge in [0.25, 0.3) is 5.91 Å². The Morgan fingerprint density at radius 2 is 1.74 bits per heavy atom. The van der Waals surface area contributed by atoms with Crippen LogP contribution in [-0.2, 0) is 30.8 Å². The van der Waals surface area contributed by atoms with Crippen molar-refractivity contribution in [3.8, 4) is 5.75 Å². The maximum Gasteiger partial charge on any atom is 0.257 e. The fourth-order valence-electron chi connectivity index (χ4n) is 3.79. The van der Waals surface area contributed by atoms with Crippen molar-refractivity contribution in [2.75, 3.05) is 18.1 Å². The van der Waals surface area contributed by atoms with E-state index in [0.29, 0.717) is 24.5 Å². The molecule has 0 aliphatic carbocycles. The molecule has 182 valence electrons. The lowest BCUT2D eigenvalue weighted by atomic mass is 10.1. The molecule has 0 spiro atoms. The highest BCUT2D eigenvalue weighted by Gasteiger charge is 2.43. The van der Waals surface area contributed by atoms with Crippen LogP contribution in [0.25, 0.3) is 0 Å². The maximum atomic E-state index is 13.2. The van der Waals surface area contributed by atoms with E-state index in [-0.39, 0.29) is 36.1 Å². The van der Waals surface area contributed by atoms with Gasteiger partial charge in [-0.05, 0) is 54.8 Å². The summed E-state index contributed by atoms with van der Waals surface area (Å²) in [5.41, 5.74) is 1.21. The van der Waals surface area contributed by atoms with Gasteiger partial charge in [-0.1, -0.05) is 26.0 Å². The molecule has 10 heteroatoms. The average Bonchev–Trinajstić information content (AvgIpc) is 3.11. The van der Waals surface area contributed by atoms with Gasteiger partial charge in [-0.3, -0.25) is 14.4 Å². The van der Waals surface area contributed by atoms with Crippen molar-refractivity contribution < 1.29 is 27.5 Å². The highest BCUT2D eigenvalue weighted by Crippen LogP contribution is 2.28. The minimum atomic E-state index is -3.79. The van der Waals surface area contributed by atoms with Crippen LogP contribution in [0.2, 0.25) is 0 Å². The SMILES string of the molecule is CCCOc1ccc(N2C(=O)C[C@H](N(CCc3ccc(S(N)(=O)=O)cc3)C(=O)CC)C2=O)cc1. The van der Waals surface area contributed by atoms with Crippen molar-refractivity contribution in [3.63, 3.8) is 0 Å². The van der Waals surface area contributed by atoms with Crippen molar-refractivity contribution in [3.05, 3.63) is 54.1 Å². The fourth-order valence-corrected chi connectivity index (χ4v) is 4.31. The number of nitrogens with zero attached hydrogens (tertiary/aromatic N) is 2. The third-order valence-corrected chi connectivity index (χ3v) is 6.51. The van der Waals surface area contributed by atoms with E-state index in [9.17, 15) is 22.8 Å². The molecule has 0 unspecified atom stereocenters. The van der Waals surface area contributed by atoms with Gasteiger partial charge >= 0.3 is 0 Å². The first kappa shape index (κ1) is 25.4. The van der Waals surface area contributed by atoms with Gasteiger partial charge in [0, 0.05) is 13.0 Å². The smallest absolute Gasteiger partial charge is 0.257 e. The molecule has 1 fully saturated rings. The Morgan fingerprint density at radius 3 is 2.29 bits per heavy atom. The molecule has 0 radical (unpaired) electrons. The Labute approximate surface area is 199 Å². The Hall–Kier alpha value is -3.24. The molecule has 1 aliphatic rings. The summed E-state index contributed by atoms with van der Waals surface area (Å²) in [6.07, 6.45) is 1.34. The number of anilines is 1. The zero-order valence-electron chi connectivity index (χ0n) is 19.3. The second-order valence-electron chi connectivity index (χ2n) is 8.01. The van der Waals surface area contributed by atoms with Crippen molar-refractivity contribution in [2.24, 2.45) is 5.14 Å². The van der Waals surface area contributed by atoms with E-state index >= 15 is 0 Å². The number of sulfonamides is 1. The molecule has 1 heterocycles. The Kier molecular flexibility index (Phi) is 8.06. The predicted molar refractivity (Wildman–Crippen MR) is 127 cm³/mol. The van der Waals surface area contributed by atoms with Gasteiger partial charge in [0.1, 0.15) is 11.8 Å². The molecule has 1 saturated heterocycles. The molecule has 34 heavy (non-hydrogen) atoms. The Balaban J connectivity index is 1.74. The monoisotopic (exact) mass is 487 g/mol. The number of hydrogen-bond donors (Lipinski definition) is 1. The summed E-state index contributed by atoms with van der Waals surface area (Å²) in [5.74, 6) is -0.405. The van der Waals surface area contributed by atoms with Gasteiger partial charge in [-0.2, -0.15) is 0 Å². The lowest BCUT2D eigenvalue weighted by molar-refractivity contribution is -0.138. The van der Waals surface area contributed by atoms with E-state index < -0.39 is 22.0 Å². The van der Waals surface area contributed by atoms with Crippen molar-refractivity contribution in [1.82, 2.24) is 4.90 Å². The molecule has 1 aliphatic heterocycles. The number of ether oxygens (including phenoxy) is 1. The summed E-state index contributed by atoms with van der Waals surface area (Å²) in [6.45, 7) is 4.48. The molecule has 0 aromatic heterocycles. The molecule has 0 bridgehead atoms. The highest BCUT2D eigenvalue weighted by molar-refractivity contribution is 7.89. The van der Waals surface area contributed by atoms with Gasteiger partial charge in [0.2, 0.25) is 21.8 Å². The van der Waals surface area contributed by atoms with Crippen molar-refractivity contribution in [1.29, 1.82) is 0 Å². The van der Waals surface area contributed by atoms with Crippen molar-refractivity contribution in [2.45, 2.75) is 50.5 Å². The van der Waals surface area contributed by atoms with Crippen molar-refractivity contribution >= 4 is 33.4 Å². The van der Waals surface area contributed by atoms with E-state index in [1.807, 2.05) is 6.92 Å². The number of hydrogen-bond acceptors (Lipinski definition) is 6. The number of nitrogens with two attached hydrogens (primary N) is 1. The van der Waals surface area contributed by atoms with E-state index in [4.69, 9.17) is 9.88 Å². The van der Waals surface area contributed by atoms with Gasteiger partial charge in [-0.25, -0.2) is 18.5 Å². The summed E-state index contributed by atoms with van der Waals surface area (Å²) >= 11 is 0. The summed E-state index contributed by atoms with van der Waals surface area (Å²) in [7, 11) is -3.79. The van der Waals surface area contributed by atoms with Gasteiger partial charge in [0.15, 0.2) is 0 Å². The van der Waals surface area contributed by atoms with E-state index in [1.54, 1.807) is 43.3 Å². The first-order valence-electron chi connectivity index (χ1n) is 11.2. The van der Waals surface area contributed by atoms with Crippen LogP contribution in [0.5, 0.6) is 5.75 Å². The number of imide groups is 1. The topological polar surface area (TPSA) is 127 Å². The molecule has 3 amide bonds. The first-order valence-corrected chi connectivity index (χ1v) is 12.7. The van der Waals surface area contributed by atoms with Crippen LogP contribution in [0.3, 0.4) is 0 Å². The van der Waals surface area contributed by atoms with Crippen LogP contribution in [0, 0.1) is 0 Å². The number of benzene rings is 2. The zero-order valence-corrected chi connectivity index (χ0v) is 20.1. The predicted octanol–water partition coefficient (Wildman–Crippen LogP) is 2.24. The lowest BCUT2D eigenvalue weighted by Gasteiger charge is -2.27. The molecule has 2 N–H and O–H groups in total. The van der Waals surface area contributed by atoms with Gasteiger partial charge < -0.3 is 9.64 Å². The van der Waals surface area contributed by atoms with Crippen LogP contribution >= 0.6 is 0 Å². The molecule has 2 aromatic carbocycles. The lowest BCUT2D eigenvalue weighted by Crippen LogP contribution is -2.46. The van der Waals surface area contributed by atoms with Crippen LogP contribution in [0.1, 0.15) is 38.7 Å². The quantitative estimate of drug-likeness (QED) is 0.512. The molecule has 1 atom stereocenters. The summed E-state index contributed by atoms with van der Waals surface area (Å²) < 4.78 is 28.4. The molecule has 2 aromatic rings. The molecular weight excluding hydrogens is 458 g/mol. The molecule has 9 nitrogen and oxygen atoms in total. The van der Waals surface area contributed by atoms with E-state index in [1.165, 1.54) is 17.0 Å². The van der Waals surface area contributed by atoms with Crippen LogP contribution < -0.4 is 14.8 Å². The number of amides is 3. The number of primary sulfonamides is 1. The average molecular weight is 488 g/mol. The van der Waals surface area contributed by atoms with E-state index in [0.717, 1.165) is 16.9 Å². The van der Waals surface area contributed by atoms with Crippen LogP contribution in [-0.4, -0.2) is 50.2 Å². The van der Waals surface area contributed by atoms with Crippen LogP contribution in [0.4, 0.5) is 5.69 Å². The summed E-state index contributed by atoms with van der Waals surface area (Å²) in [6, 6.07) is 11.9. The third-order valence-electron chi connectivity index (χ3n) is 5.58. The minimum Gasteiger partial charge on any atom is -0.494 e. The maximum absolute atomic E-state index is 13.2.